The lowest BCUT2D eigenvalue weighted by Crippen LogP contribution is -2.59. The number of quaternary nitrogens is 1. The Hall–Kier alpha value is -1.22. The van der Waals surface area contributed by atoms with Gasteiger partial charge in [-0.15, -0.1) is 11.3 Å². The number of carboxylic acid groups (broad SMARTS) is 1. The van der Waals surface area contributed by atoms with Gasteiger partial charge in [0.2, 0.25) is 0 Å². The summed E-state index contributed by atoms with van der Waals surface area (Å²) in [7, 11) is 0. The Kier molecular flexibility index (Phi) is 6.42. The van der Waals surface area contributed by atoms with Crippen molar-refractivity contribution in [1.82, 2.24) is 0 Å². The zero-order valence-electron chi connectivity index (χ0n) is 13.9. The minimum absolute atomic E-state index is 0.214. The highest BCUT2D eigenvalue weighted by atomic mass is 35.5. The van der Waals surface area contributed by atoms with Gasteiger partial charge in [-0.05, 0) is 19.1 Å². The third kappa shape index (κ3) is 4.13. The zero-order chi connectivity index (χ0) is 18.8. The number of amides is 2. The Morgan fingerprint density at radius 3 is 2.52 bits per heavy atom. The van der Waals surface area contributed by atoms with Crippen LogP contribution in [0.1, 0.15) is 42.8 Å². The summed E-state index contributed by atoms with van der Waals surface area (Å²) in [5.74, 6) is -0.909. The summed E-state index contributed by atoms with van der Waals surface area (Å²) in [5, 5.41) is 8.39. The molecule has 0 spiro atoms. The molecule has 1 aromatic heterocycles. The summed E-state index contributed by atoms with van der Waals surface area (Å²) < 4.78 is -0.239. The molecule has 0 saturated carbocycles. The standard InChI is InChI=1S/C16H18ClNO5S2/c1-9-4-3-7-18(9,16(22)23)14(20)8-12(24-10(2)19)15(21)11-5-6-13(17)25-11/h5-6,9,12H,3-4,7-8H2,1-2H3/p+1/t9-,12?,18?/m1/s1. The van der Waals surface area contributed by atoms with Gasteiger partial charge in [-0.1, -0.05) is 23.4 Å². The Balaban J connectivity index is 2.27. The lowest BCUT2D eigenvalue weighted by atomic mass is 10.1. The molecular weight excluding hydrogens is 386 g/mol. The summed E-state index contributed by atoms with van der Waals surface area (Å²) in [5.41, 5.74) is 0. The van der Waals surface area contributed by atoms with E-state index in [9.17, 15) is 24.3 Å². The fraction of sp³-hybridized carbons (Fsp3) is 0.500. The van der Waals surface area contributed by atoms with E-state index in [0.29, 0.717) is 22.1 Å². The van der Waals surface area contributed by atoms with E-state index >= 15 is 0 Å². The maximum Gasteiger partial charge on any atom is 0.521 e. The molecule has 3 atom stereocenters. The lowest BCUT2D eigenvalue weighted by Gasteiger charge is -2.30. The van der Waals surface area contributed by atoms with Gasteiger partial charge in [0.15, 0.2) is 10.9 Å². The normalized spacial score (nSPS) is 24.0. The van der Waals surface area contributed by atoms with Gasteiger partial charge in [0.05, 0.1) is 27.4 Å². The van der Waals surface area contributed by atoms with E-state index in [2.05, 4.69) is 0 Å². The molecule has 2 unspecified atom stereocenters. The van der Waals surface area contributed by atoms with Crippen LogP contribution in [0.2, 0.25) is 4.34 Å². The molecule has 2 heterocycles. The van der Waals surface area contributed by atoms with Crippen molar-refractivity contribution < 1.29 is 28.8 Å². The number of carbonyl (C=O) groups is 4. The van der Waals surface area contributed by atoms with Crippen LogP contribution in [0.4, 0.5) is 4.79 Å². The number of imide groups is 1. The molecule has 1 aliphatic heterocycles. The Morgan fingerprint density at radius 2 is 2.08 bits per heavy atom. The Morgan fingerprint density at radius 1 is 1.40 bits per heavy atom. The molecule has 9 heteroatoms. The molecule has 0 bridgehead atoms. The number of hydrogen-bond donors (Lipinski definition) is 1. The average molecular weight is 405 g/mol. The van der Waals surface area contributed by atoms with Crippen molar-refractivity contribution in [2.45, 2.75) is 44.4 Å². The van der Waals surface area contributed by atoms with Gasteiger partial charge in [-0.25, -0.2) is 4.79 Å². The summed E-state index contributed by atoms with van der Waals surface area (Å²) in [4.78, 5) is 49.2. The van der Waals surface area contributed by atoms with E-state index in [-0.39, 0.29) is 29.9 Å². The van der Waals surface area contributed by atoms with Crippen molar-refractivity contribution in [3.8, 4) is 0 Å². The number of thioether (sulfide) groups is 1. The van der Waals surface area contributed by atoms with Crippen molar-refractivity contribution in [3.05, 3.63) is 21.3 Å². The van der Waals surface area contributed by atoms with E-state index in [4.69, 9.17) is 11.6 Å². The molecule has 1 saturated heterocycles. The van der Waals surface area contributed by atoms with Crippen LogP contribution in [0.5, 0.6) is 0 Å². The highest BCUT2D eigenvalue weighted by molar-refractivity contribution is 8.14. The number of thiophene rings is 1. The molecule has 2 rings (SSSR count). The number of halogens is 1. The minimum Gasteiger partial charge on any atom is -0.435 e. The highest BCUT2D eigenvalue weighted by Gasteiger charge is 2.53. The number of Topliss-reactive ketones (excluding diaryl/α,β-unsaturated/α-hetero) is 1. The monoisotopic (exact) mass is 404 g/mol. The first kappa shape index (κ1) is 20.1. The second-order valence-corrected chi connectivity index (χ2v) is 9.12. The fourth-order valence-electron chi connectivity index (χ4n) is 3.15. The molecule has 1 N–H and O–H groups in total. The number of carbonyl (C=O) groups excluding carboxylic acids is 3. The van der Waals surface area contributed by atoms with Gasteiger partial charge < -0.3 is 5.11 Å². The fourth-order valence-corrected chi connectivity index (χ4v) is 5.13. The quantitative estimate of drug-likeness (QED) is 0.592. The molecule has 0 aromatic carbocycles. The van der Waals surface area contributed by atoms with Crippen molar-refractivity contribution in [3.63, 3.8) is 0 Å². The molecule has 2 amide bonds. The number of rotatable bonds is 5. The zero-order valence-corrected chi connectivity index (χ0v) is 16.2. The van der Waals surface area contributed by atoms with E-state index in [1.165, 1.54) is 6.92 Å². The second-order valence-electron chi connectivity index (χ2n) is 6.03. The Labute approximate surface area is 158 Å². The molecular formula is C16H19ClNO5S2+. The van der Waals surface area contributed by atoms with Gasteiger partial charge >= 0.3 is 12.0 Å². The van der Waals surface area contributed by atoms with Gasteiger partial charge in [0, 0.05) is 19.8 Å². The smallest absolute Gasteiger partial charge is 0.435 e. The second kappa shape index (κ2) is 7.99. The highest BCUT2D eigenvalue weighted by Crippen LogP contribution is 2.33. The molecule has 1 aliphatic rings. The molecule has 0 aliphatic carbocycles. The third-order valence-electron chi connectivity index (χ3n) is 4.45. The van der Waals surface area contributed by atoms with Crippen molar-refractivity contribution in [2.24, 2.45) is 0 Å². The van der Waals surface area contributed by atoms with Crippen LogP contribution >= 0.6 is 34.7 Å². The first-order valence-corrected chi connectivity index (χ1v) is 9.87. The van der Waals surface area contributed by atoms with Crippen LogP contribution in [0.15, 0.2) is 12.1 Å². The van der Waals surface area contributed by atoms with Crippen LogP contribution in [-0.4, -0.2) is 50.3 Å². The van der Waals surface area contributed by atoms with Gasteiger partial charge in [-0.3, -0.25) is 9.59 Å². The van der Waals surface area contributed by atoms with Crippen molar-refractivity contribution >= 4 is 57.6 Å². The van der Waals surface area contributed by atoms with Gasteiger partial charge in [0.25, 0.3) is 0 Å². The molecule has 6 nitrogen and oxygen atoms in total. The molecule has 1 aromatic rings. The number of likely N-dealkylation sites (tertiary alicyclic amines) is 1. The van der Waals surface area contributed by atoms with Crippen LogP contribution in [0.3, 0.4) is 0 Å². The van der Waals surface area contributed by atoms with Crippen LogP contribution < -0.4 is 0 Å². The lowest BCUT2D eigenvalue weighted by molar-refractivity contribution is -0.792. The van der Waals surface area contributed by atoms with E-state index in [0.717, 1.165) is 23.1 Å². The predicted molar refractivity (Wildman–Crippen MR) is 97.2 cm³/mol. The maximum atomic E-state index is 12.8. The topological polar surface area (TPSA) is 88.5 Å². The van der Waals surface area contributed by atoms with Gasteiger partial charge in [0.1, 0.15) is 6.04 Å². The van der Waals surface area contributed by atoms with Crippen LogP contribution in [0.25, 0.3) is 0 Å². The van der Waals surface area contributed by atoms with Crippen molar-refractivity contribution in [2.75, 3.05) is 6.54 Å². The molecule has 136 valence electrons. The summed E-state index contributed by atoms with van der Waals surface area (Å²) in [6, 6.07) is 2.78. The summed E-state index contributed by atoms with van der Waals surface area (Å²) in [6.45, 7) is 3.26. The minimum atomic E-state index is -1.20. The predicted octanol–water partition coefficient (Wildman–Crippen LogP) is 3.83. The average Bonchev–Trinajstić information content (AvgIpc) is 3.11. The first-order valence-electron chi connectivity index (χ1n) is 7.80. The maximum absolute atomic E-state index is 12.8. The third-order valence-corrected chi connectivity index (χ3v) is 6.69. The SMILES string of the molecule is CC(=O)SC(CC(=O)[N+]1(C(=O)O)CCC[C@H]1C)C(=O)c1ccc(Cl)s1. The Bertz CT molecular complexity index is 719. The van der Waals surface area contributed by atoms with E-state index in [1.807, 2.05) is 0 Å². The summed E-state index contributed by atoms with van der Waals surface area (Å²) in [6.07, 6.45) is -0.224. The number of hydrogen-bond acceptors (Lipinski definition) is 6. The van der Waals surface area contributed by atoms with Gasteiger partial charge in [-0.2, -0.15) is 9.28 Å². The molecule has 1 fully saturated rings. The number of nitrogens with zero attached hydrogens (tertiary/aromatic N) is 1. The first-order chi connectivity index (χ1) is 11.7. The van der Waals surface area contributed by atoms with Crippen LogP contribution in [0, 0.1) is 0 Å². The van der Waals surface area contributed by atoms with Crippen LogP contribution in [-0.2, 0) is 9.59 Å². The molecule has 25 heavy (non-hydrogen) atoms. The largest absolute Gasteiger partial charge is 0.521 e. The summed E-state index contributed by atoms with van der Waals surface area (Å²) >= 11 is 7.69. The number of ketones is 1. The van der Waals surface area contributed by atoms with E-state index in [1.54, 1.807) is 19.1 Å². The van der Waals surface area contributed by atoms with Crippen molar-refractivity contribution in [1.29, 1.82) is 0 Å². The van der Waals surface area contributed by atoms with E-state index < -0.39 is 21.7 Å². The molecule has 0 radical (unpaired) electrons.